The molecule has 1 aliphatic rings. The van der Waals surface area contributed by atoms with Crippen molar-refractivity contribution in [2.75, 3.05) is 31.6 Å². The molecule has 0 bridgehead atoms. The first-order valence-corrected chi connectivity index (χ1v) is 10.1. The Kier molecular flexibility index (Phi) is 6.06. The van der Waals surface area contributed by atoms with Crippen LogP contribution in [0, 0.1) is 11.6 Å². The Morgan fingerprint density at radius 1 is 1.17 bits per heavy atom. The average Bonchev–Trinajstić information content (AvgIpc) is 3.37. The van der Waals surface area contributed by atoms with Gasteiger partial charge in [-0.05, 0) is 37.1 Å². The maximum Gasteiger partial charge on any atom is 0.191 e. The van der Waals surface area contributed by atoms with Crippen LogP contribution in [0.5, 0.6) is 0 Å². The summed E-state index contributed by atoms with van der Waals surface area (Å²) in [5.41, 5.74) is 0.889. The molecular weight excluding hydrogens is 388 g/mol. The molecule has 30 heavy (non-hydrogen) atoms. The standard InChI is InChI=1S/C21H25F2N7/c1-24-21(25-11-5-9-19-28-27-18-8-2-3-12-30(18)19)26-15-10-13-29(14-15)20-16(22)6-4-7-17(20)23/h2-4,6-8,12,15H,5,9-11,13-14H2,1H3,(H2,24,25,26). The highest BCUT2D eigenvalue weighted by Gasteiger charge is 2.27. The van der Waals surface area contributed by atoms with Crippen LogP contribution in [0.25, 0.3) is 5.65 Å². The van der Waals surface area contributed by atoms with Crippen molar-refractivity contribution in [3.05, 3.63) is 60.1 Å². The summed E-state index contributed by atoms with van der Waals surface area (Å²) in [6.07, 6.45) is 4.40. The van der Waals surface area contributed by atoms with Crippen molar-refractivity contribution in [1.29, 1.82) is 0 Å². The van der Waals surface area contributed by atoms with Crippen LogP contribution in [0.4, 0.5) is 14.5 Å². The summed E-state index contributed by atoms with van der Waals surface area (Å²) in [4.78, 5) is 6.01. The number of pyridine rings is 1. The highest BCUT2D eigenvalue weighted by Crippen LogP contribution is 2.26. The van der Waals surface area contributed by atoms with Gasteiger partial charge >= 0.3 is 0 Å². The molecule has 1 aliphatic heterocycles. The van der Waals surface area contributed by atoms with Crippen molar-refractivity contribution in [2.45, 2.75) is 25.3 Å². The van der Waals surface area contributed by atoms with Crippen LogP contribution in [0.3, 0.4) is 0 Å². The number of anilines is 1. The number of nitrogens with zero attached hydrogens (tertiary/aromatic N) is 5. The van der Waals surface area contributed by atoms with Gasteiger partial charge in [0.15, 0.2) is 11.6 Å². The normalized spacial score (nSPS) is 17.0. The maximum atomic E-state index is 14.0. The van der Waals surface area contributed by atoms with Crippen LogP contribution in [-0.2, 0) is 6.42 Å². The number of benzene rings is 1. The molecule has 4 rings (SSSR count). The van der Waals surface area contributed by atoms with Crippen molar-refractivity contribution in [2.24, 2.45) is 4.99 Å². The fourth-order valence-corrected chi connectivity index (χ4v) is 3.77. The van der Waals surface area contributed by atoms with Crippen molar-refractivity contribution >= 4 is 17.3 Å². The van der Waals surface area contributed by atoms with Gasteiger partial charge in [0.2, 0.25) is 0 Å². The van der Waals surface area contributed by atoms with Crippen LogP contribution in [-0.4, -0.2) is 53.3 Å². The van der Waals surface area contributed by atoms with E-state index in [1.165, 1.54) is 18.2 Å². The topological polar surface area (TPSA) is 69.8 Å². The second kappa shape index (κ2) is 9.06. The summed E-state index contributed by atoms with van der Waals surface area (Å²) < 4.78 is 30.0. The second-order valence-electron chi connectivity index (χ2n) is 7.29. The van der Waals surface area contributed by atoms with Gasteiger partial charge in [-0.25, -0.2) is 8.78 Å². The van der Waals surface area contributed by atoms with E-state index in [0.717, 1.165) is 37.3 Å². The number of guanidine groups is 1. The molecule has 3 heterocycles. The number of aliphatic imine (C=N–C) groups is 1. The minimum absolute atomic E-state index is 0.0466. The molecule has 1 saturated heterocycles. The zero-order chi connectivity index (χ0) is 20.9. The average molecular weight is 413 g/mol. The fraction of sp³-hybridized carbons (Fsp3) is 0.381. The van der Waals surface area contributed by atoms with Crippen molar-refractivity contribution in [1.82, 2.24) is 25.2 Å². The van der Waals surface area contributed by atoms with Gasteiger partial charge in [-0.1, -0.05) is 12.1 Å². The van der Waals surface area contributed by atoms with Crippen molar-refractivity contribution < 1.29 is 8.78 Å². The Hall–Kier alpha value is -3.23. The summed E-state index contributed by atoms with van der Waals surface area (Å²) in [5.74, 6) is 0.550. The molecule has 2 aromatic heterocycles. The van der Waals surface area contributed by atoms with E-state index in [9.17, 15) is 8.78 Å². The van der Waals surface area contributed by atoms with E-state index in [0.29, 0.717) is 19.0 Å². The maximum absolute atomic E-state index is 14.0. The number of aromatic nitrogens is 3. The first-order chi connectivity index (χ1) is 14.7. The van der Waals surface area contributed by atoms with Crippen LogP contribution in [0.2, 0.25) is 0 Å². The summed E-state index contributed by atoms with van der Waals surface area (Å²) in [6, 6.07) is 9.86. The lowest BCUT2D eigenvalue weighted by atomic mass is 10.2. The smallest absolute Gasteiger partial charge is 0.191 e. The molecule has 158 valence electrons. The van der Waals surface area contributed by atoms with E-state index >= 15 is 0 Å². The van der Waals surface area contributed by atoms with Crippen LogP contribution >= 0.6 is 0 Å². The zero-order valence-electron chi connectivity index (χ0n) is 16.9. The minimum atomic E-state index is -0.529. The number of halogens is 2. The lowest BCUT2D eigenvalue weighted by Gasteiger charge is -2.21. The van der Waals surface area contributed by atoms with Gasteiger partial charge in [-0.3, -0.25) is 9.39 Å². The van der Waals surface area contributed by atoms with Crippen LogP contribution in [0.1, 0.15) is 18.7 Å². The molecule has 7 nitrogen and oxygen atoms in total. The van der Waals surface area contributed by atoms with E-state index in [1.807, 2.05) is 28.8 Å². The molecule has 1 atom stereocenters. The summed E-state index contributed by atoms with van der Waals surface area (Å²) in [7, 11) is 1.71. The quantitative estimate of drug-likeness (QED) is 0.369. The number of hydrogen-bond acceptors (Lipinski definition) is 4. The number of rotatable bonds is 6. The van der Waals surface area contributed by atoms with E-state index in [-0.39, 0.29) is 11.7 Å². The molecule has 1 fully saturated rings. The van der Waals surface area contributed by atoms with Gasteiger partial charge in [-0.2, -0.15) is 0 Å². The molecule has 0 radical (unpaired) electrons. The van der Waals surface area contributed by atoms with Gasteiger partial charge in [0.1, 0.15) is 23.1 Å². The Balaban J connectivity index is 1.25. The molecule has 0 saturated carbocycles. The van der Waals surface area contributed by atoms with Gasteiger partial charge in [-0.15, -0.1) is 10.2 Å². The predicted molar refractivity (Wildman–Crippen MR) is 113 cm³/mol. The number of fused-ring (bicyclic) bond motifs is 1. The first-order valence-electron chi connectivity index (χ1n) is 10.1. The van der Waals surface area contributed by atoms with Crippen molar-refractivity contribution in [3.8, 4) is 0 Å². The summed E-state index contributed by atoms with van der Waals surface area (Å²) in [5, 5.41) is 15.0. The zero-order valence-corrected chi connectivity index (χ0v) is 16.9. The fourth-order valence-electron chi connectivity index (χ4n) is 3.77. The third-order valence-electron chi connectivity index (χ3n) is 5.26. The lowest BCUT2D eigenvalue weighted by molar-refractivity contribution is 0.575. The molecule has 3 aromatic rings. The number of hydrogen-bond donors (Lipinski definition) is 2. The largest absolute Gasteiger partial charge is 0.365 e. The third kappa shape index (κ3) is 4.34. The first kappa shape index (κ1) is 20.1. The Morgan fingerprint density at radius 2 is 2.00 bits per heavy atom. The van der Waals surface area contributed by atoms with Crippen molar-refractivity contribution in [3.63, 3.8) is 0 Å². The summed E-state index contributed by atoms with van der Waals surface area (Å²) in [6.45, 7) is 1.83. The molecule has 1 unspecified atom stereocenters. The minimum Gasteiger partial charge on any atom is -0.365 e. The van der Waals surface area contributed by atoms with E-state index in [2.05, 4.69) is 25.8 Å². The molecule has 9 heteroatoms. The Bertz CT molecular complexity index is 1010. The molecule has 2 N–H and O–H groups in total. The van der Waals surface area contributed by atoms with Gasteiger partial charge in [0, 0.05) is 45.3 Å². The molecular formula is C21H25F2N7. The molecule has 0 aliphatic carbocycles. The number of para-hydroxylation sites is 1. The number of aryl methyl sites for hydroxylation is 1. The second-order valence-corrected chi connectivity index (χ2v) is 7.29. The highest BCUT2D eigenvalue weighted by molar-refractivity contribution is 5.80. The monoisotopic (exact) mass is 413 g/mol. The molecule has 0 amide bonds. The number of nitrogens with one attached hydrogen (secondary N) is 2. The van der Waals surface area contributed by atoms with E-state index in [4.69, 9.17) is 0 Å². The third-order valence-corrected chi connectivity index (χ3v) is 5.26. The highest BCUT2D eigenvalue weighted by atomic mass is 19.1. The Morgan fingerprint density at radius 3 is 2.80 bits per heavy atom. The van der Waals surface area contributed by atoms with Crippen LogP contribution < -0.4 is 15.5 Å². The Labute approximate surface area is 173 Å². The SMILES string of the molecule is CN=C(NCCCc1nnc2ccccn12)NC1CCN(c2c(F)cccc2F)C1. The van der Waals surface area contributed by atoms with Crippen LogP contribution in [0.15, 0.2) is 47.6 Å². The van der Waals surface area contributed by atoms with Gasteiger partial charge in [0.25, 0.3) is 0 Å². The molecule has 0 spiro atoms. The van der Waals surface area contributed by atoms with E-state index < -0.39 is 11.6 Å². The van der Waals surface area contributed by atoms with Gasteiger partial charge in [0.05, 0.1) is 0 Å². The molecule has 1 aromatic carbocycles. The predicted octanol–water partition coefficient (Wildman–Crippen LogP) is 2.38. The lowest BCUT2D eigenvalue weighted by Crippen LogP contribution is -2.45. The summed E-state index contributed by atoms with van der Waals surface area (Å²) >= 11 is 0. The van der Waals surface area contributed by atoms with Gasteiger partial charge < -0.3 is 15.5 Å². The van der Waals surface area contributed by atoms with E-state index in [1.54, 1.807) is 11.9 Å².